The Labute approximate surface area is 274 Å². The highest BCUT2D eigenvalue weighted by Crippen LogP contribution is 2.57. The third-order valence-electron chi connectivity index (χ3n) is 11.1. The minimum atomic E-state index is -0.654. The number of piperidine rings is 1. The van der Waals surface area contributed by atoms with Gasteiger partial charge in [0.05, 0.1) is 0 Å². The van der Waals surface area contributed by atoms with Crippen LogP contribution in [0.15, 0.2) is 78.9 Å². The summed E-state index contributed by atoms with van der Waals surface area (Å²) in [6.45, 7) is 8.73. The Hall–Kier alpha value is -3.93. The maximum absolute atomic E-state index is 14.0. The molecule has 2 bridgehead atoms. The maximum Gasteiger partial charge on any atom is 0.251 e. The van der Waals surface area contributed by atoms with Crippen LogP contribution in [0.4, 0.5) is 0 Å². The first-order valence-electron chi connectivity index (χ1n) is 17.2. The fraction of sp³-hybridized carbons (Fsp3) is 0.475. The molecule has 6 nitrogen and oxygen atoms in total. The zero-order chi connectivity index (χ0) is 32.4. The molecule has 4 fully saturated rings. The van der Waals surface area contributed by atoms with E-state index in [-0.39, 0.29) is 28.6 Å². The van der Waals surface area contributed by atoms with Gasteiger partial charge in [0.15, 0.2) is 0 Å². The molecule has 0 aromatic heterocycles. The van der Waals surface area contributed by atoms with Crippen LogP contribution < -0.4 is 10.6 Å². The van der Waals surface area contributed by atoms with Crippen LogP contribution in [0.2, 0.25) is 0 Å². The van der Waals surface area contributed by atoms with Gasteiger partial charge in [-0.25, -0.2) is 0 Å². The molecule has 46 heavy (non-hydrogen) atoms. The standard InChI is InChI=1S/C40H49N3O3/c1-38(2,3)31-18-16-29(17-19-31)32-14-8-9-15-33(32)35(44)41-28-39-20-23-40(24-21-39,25-22-39)37(46)42-34(30-12-6-4-7-13-30)36(45)43-26-10-5-11-27-43/h4,6-9,12-19,34H,5,10-11,20-28H2,1-3H3,(H,41,44)(H,42,46)/t34-,39?,40?/m0/s1. The molecule has 0 radical (unpaired) electrons. The van der Waals surface area contributed by atoms with Crippen molar-refractivity contribution < 1.29 is 14.4 Å². The summed E-state index contributed by atoms with van der Waals surface area (Å²) in [7, 11) is 0. The average molecular weight is 620 g/mol. The van der Waals surface area contributed by atoms with Crippen LogP contribution in [0.1, 0.15) is 106 Å². The monoisotopic (exact) mass is 619 g/mol. The minimum Gasteiger partial charge on any atom is -0.351 e. The number of rotatable bonds is 8. The van der Waals surface area contributed by atoms with Gasteiger partial charge in [0.25, 0.3) is 5.91 Å². The number of carbonyl (C=O) groups excluding carboxylic acids is 3. The molecule has 1 aliphatic heterocycles. The summed E-state index contributed by atoms with van der Waals surface area (Å²) < 4.78 is 0. The molecule has 0 unspecified atom stereocenters. The summed E-state index contributed by atoms with van der Waals surface area (Å²) in [4.78, 5) is 43.2. The lowest BCUT2D eigenvalue weighted by Gasteiger charge is -2.52. The van der Waals surface area contributed by atoms with Gasteiger partial charge in [-0.15, -0.1) is 0 Å². The van der Waals surface area contributed by atoms with Gasteiger partial charge in [0.1, 0.15) is 6.04 Å². The van der Waals surface area contributed by atoms with Crippen LogP contribution in [0, 0.1) is 10.8 Å². The van der Waals surface area contributed by atoms with Crippen molar-refractivity contribution in [2.75, 3.05) is 19.6 Å². The fourth-order valence-corrected chi connectivity index (χ4v) is 7.83. The summed E-state index contributed by atoms with van der Waals surface area (Å²) in [6.07, 6.45) is 8.21. The van der Waals surface area contributed by atoms with E-state index in [1.54, 1.807) is 0 Å². The summed E-state index contributed by atoms with van der Waals surface area (Å²) >= 11 is 0. The fourth-order valence-electron chi connectivity index (χ4n) is 7.83. The highest BCUT2D eigenvalue weighted by atomic mass is 16.2. The molecule has 2 N–H and O–H groups in total. The van der Waals surface area contributed by atoms with Gasteiger partial charge in [-0.1, -0.05) is 93.6 Å². The largest absolute Gasteiger partial charge is 0.351 e. The van der Waals surface area contributed by atoms with Crippen molar-refractivity contribution >= 4 is 17.7 Å². The van der Waals surface area contributed by atoms with Crippen LogP contribution in [-0.4, -0.2) is 42.3 Å². The van der Waals surface area contributed by atoms with Gasteiger partial charge >= 0.3 is 0 Å². The van der Waals surface area contributed by atoms with Crippen molar-refractivity contribution in [1.29, 1.82) is 0 Å². The van der Waals surface area contributed by atoms with Crippen LogP contribution in [0.5, 0.6) is 0 Å². The molecule has 3 aliphatic carbocycles. The smallest absolute Gasteiger partial charge is 0.251 e. The van der Waals surface area contributed by atoms with E-state index in [4.69, 9.17) is 0 Å². The third-order valence-corrected chi connectivity index (χ3v) is 11.1. The highest BCUT2D eigenvalue weighted by molar-refractivity contribution is 6.01. The summed E-state index contributed by atoms with van der Waals surface area (Å²) in [5.41, 5.74) is 4.39. The van der Waals surface area contributed by atoms with Crippen LogP contribution in [-0.2, 0) is 15.0 Å². The average Bonchev–Trinajstić information content (AvgIpc) is 3.10. The predicted octanol–water partition coefficient (Wildman–Crippen LogP) is 7.59. The number of hydrogen-bond donors (Lipinski definition) is 2. The molecular weight excluding hydrogens is 570 g/mol. The van der Waals surface area contributed by atoms with E-state index in [1.165, 1.54) is 5.56 Å². The zero-order valence-corrected chi connectivity index (χ0v) is 27.7. The molecule has 1 heterocycles. The van der Waals surface area contributed by atoms with Crippen molar-refractivity contribution in [1.82, 2.24) is 15.5 Å². The first-order chi connectivity index (χ1) is 22.1. The molecule has 1 atom stereocenters. The Balaban J connectivity index is 1.10. The van der Waals surface area contributed by atoms with Crippen molar-refractivity contribution in [3.63, 3.8) is 0 Å². The minimum absolute atomic E-state index is 0.00342. The normalized spacial score (nSPS) is 23.4. The number of benzene rings is 3. The Bertz CT molecular complexity index is 1530. The summed E-state index contributed by atoms with van der Waals surface area (Å²) in [5.74, 6) is -0.0350. The first-order valence-corrected chi connectivity index (χ1v) is 17.2. The molecule has 3 aromatic carbocycles. The Kier molecular flexibility index (Phi) is 9.09. The lowest BCUT2D eigenvalue weighted by molar-refractivity contribution is -0.145. The van der Waals surface area contributed by atoms with Crippen molar-refractivity contribution in [3.05, 3.63) is 95.6 Å². The predicted molar refractivity (Wildman–Crippen MR) is 183 cm³/mol. The van der Waals surface area contributed by atoms with E-state index in [9.17, 15) is 14.4 Å². The molecule has 3 saturated carbocycles. The maximum atomic E-state index is 14.0. The van der Waals surface area contributed by atoms with Gasteiger partial charge in [-0.3, -0.25) is 14.4 Å². The Morgan fingerprint density at radius 2 is 1.37 bits per heavy atom. The number of likely N-dealkylation sites (tertiary alicyclic amines) is 1. The second-order valence-electron chi connectivity index (χ2n) is 15.0. The molecule has 3 aromatic rings. The highest BCUT2D eigenvalue weighted by Gasteiger charge is 2.53. The van der Waals surface area contributed by atoms with Gasteiger partial charge in [0, 0.05) is 30.6 Å². The molecule has 3 amide bonds. The molecule has 6 heteroatoms. The summed E-state index contributed by atoms with van der Waals surface area (Å²) in [6, 6.07) is 25.4. The lowest BCUT2D eigenvalue weighted by Crippen LogP contribution is -2.55. The molecule has 1 saturated heterocycles. The number of fused-ring (bicyclic) bond motifs is 3. The quantitative estimate of drug-likeness (QED) is 0.273. The Morgan fingerprint density at radius 1 is 0.761 bits per heavy atom. The first kappa shape index (κ1) is 32.0. The second-order valence-corrected chi connectivity index (χ2v) is 15.0. The molecular formula is C40H49N3O3. The van der Waals surface area contributed by atoms with Crippen molar-refractivity contribution in [2.45, 2.75) is 90.0 Å². The Morgan fingerprint density at radius 3 is 2.00 bits per heavy atom. The SMILES string of the molecule is CC(C)(C)c1ccc(-c2ccccc2C(=O)NCC23CCC(C(=O)N[C@H](C(=O)N4CCCCC4)c4ccccc4)(CC2)CC3)cc1. The number of amides is 3. The van der Waals surface area contributed by atoms with Gasteiger partial charge < -0.3 is 15.5 Å². The van der Waals surface area contributed by atoms with E-state index < -0.39 is 11.5 Å². The number of hydrogen-bond acceptors (Lipinski definition) is 3. The van der Waals surface area contributed by atoms with E-state index >= 15 is 0 Å². The van der Waals surface area contributed by atoms with Crippen LogP contribution >= 0.6 is 0 Å². The van der Waals surface area contributed by atoms with E-state index in [1.807, 2.05) is 59.5 Å². The second kappa shape index (κ2) is 13.1. The summed E-state index contributed by atoms with van der Waals surface area (Å²) in [5, 5.41) is 6.52. The van der Waals surface area contributed by atoms with Gasteiger partial charge in [-0.05, 0) is 96.9 Å². The van der Waals surface area contributed by atoms with Crippen molar-refractivity contribution in [3.8, 4) is 11.1 Å². The van der Waals surface area contributed by atoms with Crippen LogP contribution in [0.25, 0.3) is 11.1 Å². The third kappa shape index (κ3) is 6.63. The van der Waals surface area contributed by atoms with Crippen molar-refractivity contribution in [2.24, 2.45) is 10.8 Å². The van der Waals surface area contributed by atoms with Crippen LogP contribution in [0.3, 0.4) is 0 Å². The van der Waals surface area contributed by atoms with Gasteiger partial charge in [0.2, 0.25) is 11.8 Å². The van der Waals surface area contributed by atoms with E-state index in [0.29, 0.717) is 12.1 Å². The molecule has 4 aliphatic rings. The molecule has 242 valence electrons. The van der Waals surface area contributed by atoms with E-state index in [0.717, 1.165) is 87.6 Å². The topological polar surface area (TPSA) is 78.5 Å². The molecule has 7 rings (SSSR count). The number of nitrogens with zero attached hydrogens (tertiary/aromatic N) is 1. The van der Waals surface area contributed by atoms with E-state index in [2.05, 4.69) is 55.7 Å². The van der Waals surface area contributed by atoms with Gasteiger partial charge in [-0.2, -0.15) is 0 Å². The zero-order valence-electron chi connectivity index (χ0n) is 27.7. The number of carbonyl (C=O) groups is 3. The lowest BCUT2D eigenvalue weighted by atomic mass is 9.53. The number of nitrogens with one attached hydrogen (secondary N) is 2. The molecule has 0 spiro atoms.